The normalized spacial score (nSPS) is 23.9. The van der Waals surface area contributed by atoms with Gasteiger partial charge in [-0.1, -0.05) is 18.6 Å². The summed E-state index contributed by atoms with van der Waals surface area (Å²) in [5.74, 6) is 1.14. The molecule has 1 aliphatic heterocycles. The lowest BCUT2D eigenvalue weighted by Gasteiger charge is -2.26. The molecular formula is C18H27NO. The fourth-order valence-corrected chi connectivity index (χ4v) is 3.58. The topological polar surface area (TPSA) is 21.3 Å². The van der Waals surface area contributed by atoms with Crippen molar-refractivity contribution in [2.45, 2.75) is 70.4 Å². The fraction of sp³-hybridized carbons (Fsp3) is 0.667. The fourth-order valence-electron chi connectivity index (χ4n) is 3.58. The Morgan fingerprint density at radius 2 is 1.90 bits per heavy atom. The highest BCUT2D eigenvalue weighted by molar-refractivity contribution is 5.40. The van der Waals surface area contributed by atoms with Gasteiger partial charge in [0, 0.05) is 6.04 Å². The summed E-state index contributed by atoms with van der Waals surface area (Å²) in [6.07, 6.45) is 10.7. The molecule has 0 amide bonds. The zero-order chi connectivity index (χ0) is 13.8. The van der Waals surface area contributed by atoms with Crippen LogP contribution in [0.1, 0.15) is 56.1 Å². The van der Waals surface area contributed by atoms with Gasteiger partial charge in [-0.15, -0.1) is 0 Å². The van der Waals surface area contributed by atoms with Crippen LogP contribution in [0.25, 0.3) is 0 Å². The van der Waals surface area contributed by atoms with Gasteiger partial charge < -0.3 is 10.1 Å². The van der Waals surface area contributed by atoms with Crippen molar-refractivity contribution in [3.8, 4) is 5.75 Å². The largest absolute Gasteiger partial charge is 0.490 e. The van der Waals surface area contributed by atoms with E-state index < -0.39 is 0 Å². The monoisotopic (exact) mass is 273 g/mol. The molecule has 1 atom stereocenters. The van der Waals surface area contributed by atoms with Gasteiger partial charge in [-0.25, -0.2) is 0 Å². The zero-order valence-electron chi connectivity index (χ0n) is 12.7. The lowest BCUT2D eigenvalue weighted by atomic mass is 9.94. The molecule has 20 heavy (non-hydrogen) atoms. The second kappa shape index (κ2) is 6.62. The third-order valence-corrected chi connectivity index (χ3v) is 4.83. The highest BCUT2D eigenvalue weighted by atomic mass is 16.5. The molecule has 1 unspecified atom stereocenters. The molecule has 1 aromatic carbocycles. The summed E-state index contributed by atoms with van der Waals surface area (Å²) in [5, 5.41) is 3.66. The number of ether oxygens (including phenoxy) is 1. The molecule has 3 rings (SSSR count). The van der Waals surface area contributed by atoms with E-state index in [-0.39, 0.29) is 0 Å². The molecule has 0 radical (unpaired) electrons. The Morgan fingerprint density at radius 3 is 2.65 bits per heavy atom. The number of hydrogen-bond donors (Lipinski definition) is 1. The average Bonchev–Trinajstić information content (AvgIpc) is 2.97. The molecule has 1 aromatic rings. The molecule has 1 N–H and O–H groups in total. The molecule has 0 bridgehead atoms. The van der Waals surface area contributed by atoms with Crippen molar-refractivity contribution in [2.75, 3.05) is 6.54 Å². The van der Waals surface area contributed by atoms with Crippen molar-refractivity contribution in [3.63, 3.8) is 0 Å². The molecule has 2 nitrogen and oxygen atoms in total. The Balaban J connectivity index is 1.73. The summed E-state index contributed by atoms with van der Waals surface area (Å²) in [6, 6.07) is 7.16. The standard InChI is InChI=1S/C18H27NO/c1-14-7-6-11-18(20-16-9-2-3-10-16)17(14)13-15-8-4-5-12-19-15/h6-7,11,15-16,19H,2-5,8-10,12-13H2,1H3. The number of piperidine rings is 1. The second-order valence-electron chi connectivity index (χ2n) is 6.43. The summed E-state index contributed by atoms with van der Waals surface area (Å²) in [5.41, 5.74) is 2.81. The van der Waals surface area contributed by atoms with Crippen molar-refractivity contribution < 1.29 is 4.74 Å². The van der Waals surface area contributed by atoms with Gasteiger partial charge in [0.15, 0.2) is 0 Å². The number of benzene rings is 1. The number of hydrogen-bond acceptors (Lipinski definition) is 2. The molecule has 1 heterocycles. The zero-order valence-corrected chi connectivity index (χ0v) is 12.7. The highest BCUT2D eigenvalue weighted by Gasteiger charge is 2.20. The van der Waals surface area contributed by atoms with Crippen LogP contribution in [0.4, 0.5) is 0 Å². The van der Waals surface area contributed by atoms with Crippen molar-refractivity contribution in [1.29, 1.82) is 0 Å². The van der Waals surface area contributed by atoms with Gasteiger partial charge in [0.25, 0.3) is 0 Å². The Morgan fingerprint density at radius 1 is 1.10 bits per heavy atom. The first kappa shape index (κ1) is 13.9. The van der Waals surface area contributed by atoms with Gasteiger partial charge in [0.2, 0.25) is 0 Å². The van der Waals surface area contributed by atoms with E-state index in [9.17, 15) is 0 Å². The van der Waals surface area contributed by atoms with E-state index in [4.69, 9.17) is 4.74 Å². The molecule has 2 heteroatoms. The van der Waals surface area contributed by atoms with Gasteiger partial charge in [0.05, 0.1) is 6.10 Å². The molecule has 2 aliphatic rings. The van der Waals surface area contributed by atoms with E-state index in [2.05, 4.69) is 30.4 Å². The minimum Gasteiger partial charge on any atom is -0.490 e. The van der Waals surface area contributed by atoms with E-state index >= 15 is 0 Å². The molecule has 0 aromatic heterocycles. The maximum absolute atomic E-state index is 6.30. The highest BCUT2D eigenvalue weighted by Crippen LogP contribution is 2.30. The van der Waals surface area contributed by atoms with Gasteiger partial charge >= 0.3 is 0 Å². The van der Waals surface area contributed by atoms with Gasteiger partial charge in [0.1, 0.15) is 5.75 Å². The van der Waals surface area contributed by atoms with Crippen molar-refractivity contribution in [3.05, 3.63) is 29.3 Å². The summed E-state index contributed by atoms with van der Waals surface area (Å²) in [6.45, 7) is 3.40. The van der Waals surface area contributed by atoms with Gasteiger partial charge in [-0.2, -0.15) is 0 Å². The molecular weight excluding hydrogens is 246 g/mol. The third kappa shape index (κ3) is 3.35. The van der Waals surface area contributed by atoms with E-state index in [1.165, 1.54) is 62.6 Å². The van der Waals surface area contributed by atoms with E-state index in [0.717, 1.165) is 12.2 Å². The van der Waals surface area contributed by atoms with E-state index in [1.807, 2.05) is 0 Å². The van der Waals surface area contributed by atoms with Gasteiger partial charge in [-0.3, -0.25) is 0 Å². The molecule has 1 saturated carbocycles. The van der Waals surface area contributed by atoms with Crippen LogP contribution in [-0.2, 0) is 6.42 Å². The lowest BCUT2D eigenvalue weighted by molar-refractivity contribution is 0.207. The molecule has 1 saturated heterocycles. The van der Waals surface area contributed by atoms with Crippen LogP contribution < -0.4 is 10.1 Å². The van der Waals surface area contributed by atoms with E-state index in [0.29, 0.717) is 12.1 Å². The van der Waals surface area contributed by atoms with Crippen molar-refractivity contribution in [2.24, 2.45) is 0 Å². The van der Waals surface area contributed by atoms with E-state index in [1.54, 1.807) is 0 Å². The molecule has 2 fully saturated rings. The van der Waals surface area contributed by atoms with Crippen LogP contribution in [0.5, 0.6) is 5.75 Å². The minimum atomic E-state index is 0.454. The SMILES string of the molecule is Cc1cccc(OC2CCCC2)c1CC1CCCCN1. The molecule has 1 aliphatic carbocycles. The van der Waals surface area contributed by atoms with Crippen LogP contribution in [0, 0.1) is 6.92 Å². The summed E-state index contributed by atoms with van der Waals surface area (Å²) in [7, 11) is 0. The average molecular weight is 273 g/mol. The van der Waals surface area contributed by atoms with Crippen LogP contribution in [0.3, 0.4) is 0 Å². The summed E-state index contributed by atoms with van der Waals surface area (Å²) in [4.78, 5) is 0. The molecule has 0 spiro atoms. The smallest absolute Gasteiger partial charge is 0.123 e. The first-order chi connectivity index (χ1) is 9.83. The molecule has 110 valence electrons. The van der Waals surface area contributed by atoms with Gasteiger partial charge in [-0.05, 0) is 75.6 Å². The van der Waals surface area contributed by atoms with Crippen LogP contribution >= 0.6 is 0 Å². The number of nitrogens with one attached hydrogen (secondary N) is 1. The predicted molar refractivity (Wildman–Crippen MR) is 83.4 cm³/mol. The maximum Gasteiger partial charge on any atom is 0.123 e. The lowest BCUT2D eigenvalue weighted by Crippen LogP contribution is -2.35. The first-order valence-electron chi connectivity index (χ1n) is 8.31. The Bertz CT molecular complexity index is 431. The summed E-state index contributed by atoms with van der Waals surface area (Å²) < 4.78 is 6.30. The van der Waals surface area contributed by atoms with Crippen LogP contribution in [-0.4, -0.2) is 18.7 Å². The van der Waals surface area contributed by atoms with Crippen LogP contribution in [0.2, 0.25) is 0 Å². The van der Waals surface area contributed by atoms with Crippen LogP contribution in [0.15, 0.2) is 18.2 Å². The predicted octanol–water partition coefficient (Wildman–Crippen LogP) is 4.00. The Kier molecular flexibility index (Phi) is 4.62. The summed E-state index contributed by atoms with van der Waals surface area (Å²) >= 11 is 0. The maximum atomic E-state index is 6.30. The third-order valence-electron chi connectivity index (χ3n) is 4.83. The van der Waals surface area contributed by atoms with Crippen molar-refractivity contribution in [1.82, 2.24) is 5.32 Å². The Hall–Kier alpha value is -1.02. The van der Waals surface area contributed by atoms with Crippen molar-refractivity contribution >= 4 is 0 Å². The number of rotatable bonds is 4. The quantitative estimate of drug-likeness (QED) is 0.895. The Labute approximate surface area is 122 Å². The number of aryl methyl sites for hydroxylation is 1. The minimum absolute atomic E-state index is 0.454. The first-order valence-corrected chi connectivity index (χ1v) is 8.31. The second-order valence-corrected chi connectivity index (χ2v) is 6.43.